The highest BCUT2D eigenvalue weighted by atomic mass is 32.2. The molecule has 0 spiro atoms. The van der Waals surface area contributed by atoms with Gasteiger partial charge in [-0.2, -0.15) is 0 Å². The van der Waals surface area contributed by atoms with Crippen molar-refractivity contribution >= 4 is 15.9 Å². The molecule has 27 heavy (non-hydrogen) atoms. The van der Waals surface area contributed by atoms with Crippen molar-refractivity contribution in [2.45, 2.75) is 32.1 Å². The van der Waals surface area contributed by atoms with Gasteiger partial charge in [0.2, 0.25) is 10.0 Å². The molecule has 1 amide bonds. The van der Waals surface area contributed by atoms with Gasteiger partial charge in [0.05, 0.1) is 5.75 Å². The molecule has 0 fully saturated rings. The summed E-state index contributed by atoms with van der Waals surface area (Å²) in [5.74, 6) is 0.820. The maximum Gasteiger partial charge on any atom is 0.258 e. The Labute approximate surface area is 161 Å². The van der Waals surface area contributed by atoms with Crippen LogP contribution in [0.15, 0.2) is 48.5 Å². The molecule has 0 saturated carbocycles. The van der Waals surface area contributed by atoms with Gasteiger partial charge < -0.3 is 10.1 Å². The van der Waals surface area contributed by atoms with E-state index < -0.39 is 10.0 Å². The first-order valence-electron chi connectivity index (χ1n) is 8.77. The molecule has 0 saturated heterocycles. The number of sulfonamides is 1. The molecule has 0 atom stereocenters. The minimum atomic E-state index is -3.29. The van der Waals surface area contributed by atoms with Gasteiger partial charge in [-0.05, 0) is 41.8 Å². The van der Waals surface area contributed by atoms with Crippen molar-refractivity contribution in [1.82, 2.24) is 10.0 Å². The predicted molar refractivity (Wildman–Crippen MR) is 106 cm³/mol. The summed E-state index contributed by atoms with van der Waals surface area (Å²) in [4.78, 5) is 11.9. The zero-order valence-corrected chi connectivity index (χ0v) is 16.7. The maximum absolute atomic E-state index is 11.9. The zero-order valence-electron chi connectivity index (χ0n) is 15.9. The number of ether oxygens (including phenoxy) is 1. The molecular formula is C20H26N2O4S. The van der Waals surface area contributed by atoms with Crippen molar-refractivity contribution in [2.75, 3.05) is 13.7 Å². The highest BCUT2D eigenvalue weighted by molar-refractivity contribution is 7.88. The fourth-order valence-electron chi connectivity index (χ4n) is 2.39. The Hall–Kier alpha value is -2.38. The summed E-state index contributed by atoms with van der Waals surface area (Å²) in [5, 5.41) is 2.78. The fraction of sp³-hybridized carbons (Fsp3) is 0.350. The highest BCUT2D eigenvalue weighted by Crippen LogP contribution is 2.18. The van der Waals surface area contributed by atoms with Crippen LogP contribution in [-0.2, 0) is 27.1 Å². The molecule has 6 nitrogen and oxygen atoms in total. The number of nitrogens with one attached hydrogen (secondary N) is 2. The highest BCUT2D eigenvalue weighted by Gasteiger charge is 2.09. The van der Waals surface area contributed by atoms with Gasteiger partial charge in [0.15, 0.2) is 6.61 Å². The molecule has 0 radical (unpaired) electrons. The van der Waals surface area contributed by atoms with E-state index in [1.54, 1.807) is 24.3 Å². The van der Waals surface area contributed by atoms with Crippen LogP contribution in [0.25, 0.3) is 0 Å². The summed E-state index contributed by atoms with van der Waals surface area (Å²) in [6.45, 7) is 4.54. The molecule has 146 valence electrons. The van der Waals surface area contributed by atoms with E-state index in [9.17, 15) is 13.2 Å². The van der Waals surface area contributed by atoms with E-state index in [4.69, 9.17) is 4.74 Å². The summed E-state index contributed by atoms with van der Waals surface area (Å²) in [7, 11) is -1.90. The molecule has 0 aromatic heterocycles. The van der Waals surface area contributed by atoms with Crippen LogP contribution in [0.3, 0.4) is 0 Å². The average Bonchev–Trinajstić information content (AvgIpc) is 2.66. The van der Waals surface area contributed by atoms with Gasteiger partial charge in [0.25, 0.3) is 5.91 Å². The van der Waals surface area contributed by atoms with Crippen LogP contribution in [-0.4, -0.2) is 28.0 Å². The minimum Gasteiger partial charge on any atom is -0.484 e. The Morgan fingerprint density at radius 1 is 1.00 bits per heavy atom. The van der Waals surface area contributed by atoms with Gasteiger partial charge in [-0.3, -0.25) is 4.79 Å². The standard InChI is InChI=1S/C20H26N2O4S/c1-15(2)18-8-10-19(11-9-18)26-13-20(23)22-12-16-4-6-17(7-5-16)14-27(24,25)21-3/h4-11,15,21H,12-14H2,1-3H3,(H,22,23). The molecule has 2 N–H and O–H groups in total. The van der Waals surface area contributed by atoms with E-state index in [1.807, 2.05) is 24.3 Å². The van der Waals surface area contributed by atoms with Crippen LogP contribution < -0.4 is 14.8 Å². The number of hydrogen-bond donors (Lipinski definition) is 2. The van der Waals surface area contributed by atoms with Crippen molar-refractivity contribution in [3.63, 3.8) is 0 Å². The van der Waals surface area contributed by atoms with Crippen molar-refractivity contribution in [3.05, 3.63) is 65.2 Å². The lowest BCUT2D eigenvalue weighted by molar-refractivity contribution is -0.123. The van der Waals surface area contributed by atoms with Gasteiger partial charge in [0.1, 0.15) is 5.75 Å². The predicted octanol–water partition coefficient (Wildman–Crippen LogP) is 2.55. The second-order valence-electron chi connectivity index (χ2n) is 6.57. The summed E-state index contributed by atoms with van der Waals surface area (Å²) >= 11 is 0. The number of rotatable bonds is 9. The first-order valence-corrected chi connectivity index (χ1v) is 10.4. The summed E-state index contributed by atoms with van der Waals surface area (Å²) < 4.78 is 30.8. The topological polar surface area (TPSA) is 84.5 Å². The Kier molecular flexibility index (Phi) is 7.38. The lowest BCUT2D eigenvalue weighted by Gasteiger charge is -2.10. The number of carbonyl (C=O) groups is 1. The fourth-order valence-corrected chi connectivity index (χ4v) is 3.17. The lowest BCUT2D eigenvalue weighted by atomic mass is 10.0. The summed E-state index contributed by atoms with van der Waals surface area (Å²) in [6.07, 6.45) is 0. The molecule has 0 unspecified atom stereocenters. The van der Waals surface area contributed by atoms with E-state index in [0.29, 0.717) is 23.8 Å². The summed E-state index contributed by atoms with van der Waals surface area (Å²) in [6, 6.07) is 14.8. The summed E-state index contributed by atoms with van der Waals surface area (Å²) in [5.41, 5.74) is 2.79. The molecule has 0 bridgehead atoms. The minimum absolute atomic E-state index is 0.0560. The van der Waals surface area contributed by atoms with Crippen LogP contribution in [0.4, 0.5) is 0 Å². The monoisotopic (exact) mass is 390 g/mol. The Morgan fingerprint density at radius 2 is 1.59 bits per heavy atom. The number of carbonyl (C=O) groups excluding carboxylic acids is 1. The number of benzene rings is 2. The van der Waals surface area contributed by atoms with Crippen LogP contribution in [0, 0.1) is 0 Å². The average molecular weight is 391 g/mol. The molecule has 2 aromatic carbocycles. The van der Waals surface area contributed by atoms with E-state index in [2.05, 4.69) is 23.9 Å². The van der Waals surface area contributed by atoms with Gasteiger partial charge in [0, 0.05) is 6.54 Å². The second-order valence-corrected chi connectivity index (χ2v) is 8.50. The van der Waals surface area contributed by atoms with Gasteiger partial charge in [-0.15, -0.1) is 0 Å². The zero-order chi connectivity index (χ0) is 19.9. The Morgan fingerprint density at radius 3 is 2.15 bits per heavy atom. The number of amides is 1. The molecule has 0 aliphatic heterocycles. The first kappa shape index (κ1) is 20.9. The molecule has 2 aromatic rings. The van der Waals surface area contributed by atoms with Crippen LogP contribution in [0.1, 0.15) is 36.5 Å². The van der Waals surface area contributed by atoms with Crippen molar-refractivity contribution in [1.29, 1.82) is 0 Å². The van der Waals surface area contributed by atoms with Gasteiger partial charge in [-0.25, -0.2) is 13.1 Å². The van der Waals surface area contributed by atoms with Crippen molar-refractivity contribution in [3.8, 4) is 5.75 Å². The molecular weight excluding hydrogens is 364 g/mol. The third kappa shape index (κ3) is 7.03. The van der Waals surface area contributed by atoms with Crippen LogP contribution in [0.2, 0.25) is 0 Å². The van der Waals surface area contributed by atoms with Gasteiger partial charge >= 0.3 is 0 Å². The molecule has 0 aliphatic carbocycles. The van der Waals surface area contributed by atoms with Crippen molar-refractivity contribution in [2.24, 2.45) is 0 Å². The van der Waals surface area contributed by atoms with Crippen molar-refractivity contribution < 1.29 is 17.9 Å². The maximum atomic E-state index is 11.9. The lowest BCUT2D eigenvalue weighted by Crippen LogP contribution is -2.28. The van der Waals surface area contributed by atoms with E-state index in [-0.39, 0.29) is 18.3 Å². The van der Waals surface area contributed by atoms with E-state index >= 15 is 0 Å². The number of hydrogen-bond acceptors (Lipinski definition) is 4. The van der Waals surface area contributed by atoms with Crippen LogP contribution in [0.5, 0.6) is 5.75 Å². The van der Waals surface area contributed by atoms with Crippen LogP contribution >= 0.6 is 0 Å². The third-order valence-corrected chi connectivity index (χ3v) is 5.43. The largest absolute Gasteiger partial charge is 0.484 e. The SMILES string of the molecule is CNS(=O)(=O)Cc1ccc(CNC(=O)COc2ccc(C(C)C)cc2)cc1. The smallest absolute Gasteiger partial charge is 0.258 e. The normalized spacial score (nSPS) is 11.4. The molecule has 7 heteroatoms. The quantitative estimate of drug-likeness (QED) is 0.689. The van der Waals surface area contributed by atoms with E-state index in [0.717, 1.165) is 5.56 Å². The Balaban J connectivity index is 1.78. The Bertz CT molecular complexity index is 845. The second kappa shape index (κ2) is 9.53. The first-order chi connectivity index (χ1) is 12.8. The molecule has 2 rings (SSSR count). The van der Waals surface area contributed by atoms with E-state index in [1.165, 1.54) is 12.6 Å². The molecule has 0 heterocycles. The third-order valence-electron chi connectivity index (χ3n) is 4.10. The van der Waals surface area contributed by atoms with Gasteiger partial charge in [-0.1, -0.05) is 50.2 Å². The molecule has 0 aliphatic rings.